The van der Waals surface area contributed by atoms with Crippen LogP contribution in [0.1, 0.15) is 5.56 Å². The Bertz CT molecular complexity index is 620. The summed E-state index contributed by atoms with van der Waals surface area (Å²) in [5.74, 6) is 1.10. The zero-order valence-corrected chi connectivity index (χ0v) is 10.6. The molecular formula is C13H15N3O2. The molecule has 1 N–H and O–H groups in total. The smallest absolute Gasteiger partial charge is 0.293 e. The molecular weight excluding hydrogens is 230 g/mol. The maximum Gasteiger partial charge on any atom is 0.293 e. The van der Waals surface area contributed by atoms with E-state index in [-0.39, 0.29) is 5.56 Å². The number of nitrogens with one attached hydrogen (secondary N) is 1. The number of methoxy groups -OCH3 is 1. The van der Waals surface area contributed by atoms with Gasteiger partial charge >= 0.3 is 0 Å². The van der Waals surface area contributed by atoms with Gasteiger partial charge in [-0.25, -0.2) is 4.98 Å². The highest BCUT2D eigenvalue weighted by molar-refractivity contribution is 5.61. The van der Waals surface area contributed by atoms with Gasteiger partial charge in [-0.15, -0.1) is 0 Å². The van der Waals surface area contributed by atoms with E-state index in [2.05, 4.69) is 10.3 Å². The number of nitrogens with zero attached hydrogens (tertiary/aromatic N) is 2. The first kappa shape index (κ1) is 12.2. The summed E-state index contributed by atoms with van der Waals surface area (Å²) in [6, 6.07) is 5.60. The largest absolute Gasteiger partial charge is 0.497 e. The molecule has 2 rings (SSSR count). The zero-order valence-electron chi connectivity index (χ0n) is 10.6. The second-order valence-corrected chi connectivity index (χ2v) is 4.00. The van der Waals surface area contributed by atoms with E-state index in [1.165, 1.54) is 4.57 Å². The lowest BCUT2D eigenvalue weighted by atomic mass is 10.2. The summed E-state index contributed by atoms with van der Waals surface area (Å²) in [5, 5.41) is 3.03. The Kier molecular flexibility index (Phi) is 3.32. The van der Waals surface area contributed by atoms with Gasteiger partial charge in [0.15, 0.2) is 5.82 Å². The molecule has 0 amide bonds. The summed E-state index contributed by atoms with van der Waals surface area (Å²) in [5.41, 5.74) is 1.67. The van der Waals surface area contributed by atoms with Gasteiger partial charge in [-0.3, -0.25) is 4.79 Å². The molecule has 0 aliphatic rings. The van der Waals surface area contributed by atoms with Crippen molar-refractivity contribution in [3.05, 3.63) is 46.5 Å². The van der Waals surface area contributed by atoms with Gasteiger partial charge in [-0.1, -0.05) is 0 Å². The lowest BCUT2D eigenvalue weighted by Gasteiger charge is -2.10. The van der Waals surface area contributed by atoms with Crippen molar-refractivity contribution in [2.24, 2.45) is 7.05 Å². The number of benzene rings is 1. The maximum absolute atomic E-state index is 11.8. The minimum absolute atomic E-state index is 0.160. The van der Waals surface area contributed by atoms with E-state index in [9.17, 15) is 4.79 Å². The predicted molar refractivity (Wildman–Crippen MR) is 70.5 cm³/mol. The standard InChI is InChI=1S/C13H15N3O2/c1-9-8-10(18-3)4-5-11(9)15-12-13(17)16(2)7-6-14-12/h4-8H,1-3H3,(H,14,15). The van der Waals surface area contributed by atoms with Crippen LogP contribution >= 0.6 is 0 Å². The van der Waals surface area contributed by atoms with Crippen LogP contribution in [0.2, 0.25) is 0 Å². The number of hydrogen-bond donors (Lipinski definition) is 1. The fraction of sp³-hybridized carbons (Fsp3) is 0.231. The highest BCUT2D eigenvalue weighted by Crippen LogP contribution is 2.22. The Labute approximate surface area is 105 Å². The molecule has 94 valence electrons. The highest BCUT2D eigenvalue weighted by atomic mass is 16.5. The summed E-state index contributed by atoms with van der Waals surface area (Å²) < 4.78 is 6.61. The normalized spacial score (nSPS) is 10.2. The fourth-order valence-electron chi connectivity index (χ4n) is 1.61. The molecule has 5 heteroatoms. The average molecular weight is 245 g/mol. The van der Waals surface area contributed by atoms with E-state index in [1.807, 2.05) is 25.1 Å². The topological polar surface area (TPSA) is 56.1 Å². The minimum atomic E-state index is -0.160. The van der Waals surface area contributed by atoms with E-state index < -0.39 is 0 Å². The molecule has 0 radical (unpaired) electrons. The first-order valence-electron chi connectivity index (χ1n) is 5.55. The number of rotatable bonds is 3. The van der Waals surface area contributed by atoms with Crippen LogP contribution in [0.3, 0.4) is 0 Å². The lowest BCUT2D eigenvalue weighted by Crippen LogP contribution is -2.20. The summed E-state index contributed by atoms with van der Waals surface area (Å²) in [6.07, 6.45) is 3.21. The molecule has 0 fully saturated rings. The molecule has 0 aliphatic carbocycles. The van der Waals surface area contributed by atoms with Crippen molar-refractivity contribution in [2.45, 2.75) is 6.92 Å². The van der Waals surface area contributed by atoms with E-state index in [4.69, 9.17) is 4.74 Å². The zero-order chi connectivity index (χ0) is 13.1. The monoisotopic (exact) mass is 245 g/mol. The Balaban J connectivity index is 2.34. The van der Waals surface area contributed by atoms with Crippen molar-refractivity contribution in [3.8, 4) is 5.75 Å². The van der Waals surface area contributed by atoms with Gasteiger partial charge in [0.2, 0.25) is 0 Å². The molecule has 5 nitrogen and oxygen atoms in total. The van der Waals surface area contributed by atoms with Crippen molar-refractivity contribution < 1.29 is 4.74 Å². The third kappa shape index (κ3) is 2.34. The lowest BCUT2D eigenvalue weighted by molar-refractivity contribution is 0.414. The van der Waals surface area contributed by atoms with Crippen LogP contribution in [0.15, 0.2) is 35.4 Å². The first-order valence-corrected chi connectivity index (χ1v) is 5.55. The number of aryl methyl sites for hydroxylation is 2. The van der Waals surface area contributed by atoms with Crippen LogP contribution in [-0.2, 0) is 7.05 Å². The predicted octanol–water partition coefficient (Wildman–Crippen LogP) is 1.84. The molecule has 0 unspecified atom stereocenters. The first-order chi connectivity index (χ1) is 8.61. The van der Waals surface area contributed by atoms with Crippen molar-refractivity contribution in [1.29, 1.82) is 0 Å². The third-order valence-corrected chi connectivity index (χ3v) is 2.70. The van der Waals surface area contributed by atoms with E-state index >= 15 is 0 Å². The fourth-order valence-corrected chi connectivity index (χ4v) is 1.61. The number of ether oxygens (including phenoxy) is 1. The van der Waals surface area contributed by atoms with Gasteiger partial charge in [0.05, 0.1) is 7.11 Å². The van der Waals surface area contributed by atoms with Crippen molar-refractivity contribution in [1.82, 2.24) is 9.55 Å². The van der Waals surface area contributed by atoms with Gasteiger partial charge in [-0.05, 0) is 30.7 Å². The summed E-state index contributed by atoms with van der Waals surface area (Å²) in [6.45, 7) is 1.94. The molecule has 0 spiro atoms. The van der Waals surface area contributed by atoms with Crippen LogP contribution in [0, 0.1) is 6.92 Å². The van der Waals surface area contributed by atoms with Gasteiger partial charge in [0.1, 0.15) is 5.75 Å². The SMILES string of the molecule is COc1ccc(Nc2nccn(C)c2=O)c(C)c1. The van der Waals surface area contributed by atoms with Crippen molar-refractivity contribution in [3.63, 3.8) is 0 Å². The quantitative estimate of drug-likeness (QED) is 0.896. The van der Waals surface area contributed by atoms with Crippen LogP contribution in [0.25, 0.3) is 0 Å². The molecule has 0 bridgehead atoms. The van der Waals surface area contributed by atoms with Gasteiger partial charge in [-0.2, -0.15) is 0 Å². The second-order valence-electron chi connectivity index (χ2n) is 4.00. The van der Waals surface area contributed by atoms with Gasteiger partial charge in [0.25, 0.3) is 5.56 Å². The van der Waals surface area contributed by atoms with Crippen molar-refractivity contribution >= 4 is 11.5 Å². The molecule has 0 atom stereocenters. The van der Waals surface area contributed by atoms with Crippen LogP contribution in [0.5, 0.6) is 5.75 Å². The molecule has 18 heavy (non-hydrogen) atoms. The average Bonchev–Trinajstić information content (AvgIpc) is 2.37. The Morgan fingerprint density at radius 3 is 2.83 bits per heavy atom. The Hall–Kier alpha value is -2.30. The van der Waals surface area contributed by atoms with Gasteiger partial charge < -0.3 is 14.6 Å². The molecule has 0 aliphatic heterocycles. The van der Waals surface area contributed by atoms with E-state index in [0.29, 0.717) is 5.82 Å². The molecule has 1 heterocycles. The minimum Gasteiger partial charge on any atom is -0.497 e. The maximum atomic E-state index is 11.8. The van der Waals surface area contributed by atoms with Crippen molar-refractivity contribution in [2.75, 3.05) is 12.4 Å². The second kappa shape index (κ2) is 4.91. The van der Waals surface area contributed by atoms with Crippen LogP contribution in [-0.4, -0.2) is 16.7 Å². The molecule has 1 aromatic heterocycles. The number of aromatic nitrogens is 2. The Morgan fingerprint density at radius 1 is 1.39 bits per heavy atom. The number of hydrogen-bond acceptors (Lipinski definition) is 4. The Morgan fingerprint density at radius 2 is 2.17 bits per heavy atom. The molecule has 0 saturated carbocycles. The summed E-state index contributed by atoms with van der Waals surface area (Å²) in [4.78, 5) is 15.9. The summed E-state index contributed by atoms with van der Waals surface area (Å²) in [7, 11) is 3.31. The summed E-state index contributed by atoms with van der Waals surface area (Å²) >= 11 is 0. The molecule has 0 saturated heterocycles. The van der Waals surface area contributed by atoms with Gasteiger partial charge in [0, 0.05) is 25.1 Å². The molecule has 2 aromatic rings. The van der Waals surface area contributed by atoms with E-state index in [1.54, 1.807) is 26.6 Å². The van der Waals surface area contributed by atoms with Crippen LogP contribution in [0.4, 0.5) is 11.5 Å². The van der Waals surface area contributed by atoms with Crippen LogP contribution < -0.4 is 15.6 Å². The van der Waals surface area contributed by atoms with E-state index in [0.717, 1.165) is 17.0 Å². The third-order valence-electron chi connectivity index (χ3n) is 2.70. The molecule has 1 aromatic carbocycles. The highest BCUT2D eigenvalue weighted by Gasteiger charge is 2.05. The number of anilines is 2.